The highest BCUT2D eigenvalue weighted by Gasteiger charge is 2.24. The van der Waals surface area contributed by atoms with E-state index in [-0.39, 0.29) is 12.0 Å². The lowest BCUT2D eigenvalue weighted by atomic mass is 9.86. The molecule has 18 heavy (non-hydrogen) atoms. The molecule has 0 saturated heterocycles. The van der Waals surface area contributed by atoms with Crippen LogP contribution in [0.3, 0.4) is 0 Å². The van der Waals surface area contributed by atoms with Crippen LogP contribution in [0.15, 0.2) is 18.2 Å². The summed E-state index contributed by atoms with van der Waals surface area (Å²) in [6, 6.07) is 6.53. The summed E-state index contributed by atoms with van der Waals surface area (Å²) in [4.78, 5) is 2.26. The standard InChI is InChI=1S/C16H27NO/c1-6-9-16(4,12-18)11-17(5)15-8-7-13(2)10-14(15)3/h7-8,10,18H,6,9,11-12H2,1-5H3. The number of anilines is 1. The monoisotopic (exact) mass is 249 g/mol. The van der Waals surface area contributed by atoms with Crippen molar-refractivity contribution in [1.29, 1.82) is 0 Å². The summed E-state index contributed by atoms with van der Waals surface area (Å²) >= 11 is 0. The van der Waals surface area contributed by atoms with Crippen LogP contribution in [-0.2, 0) is 0 Å². The lowest BCUT2D eigenvalue weighted by Crippen LogP contribution is -2.36. The third-order valence-electron chi connectivity index (χ3n) is 3.62. The molecule has 1 aromatic carbocycles. The van der Waals surface area contributed by atoms with Crippen molar-refractivity contribution >= 4 is 5.69 Å². The fourth-order valence-electron chi connectivity index (χ4n) is 2.70. The molecular weight excluding hydrogens is 222 g/mol. The van der Waals surface area contributed by atoms with Crippen LogP contribution in [-0.4, -0.2) is 25.3 Å². The van der Waals surface area contributed by atoms with Gasteiger partial charge in [0.05, 0.1) is 6.61 Å². The van der Waals surface area contributed by atoms with E-state index in [0.717, 1.165) is 19.4 Å². The molecule has 2 nitrogen and oxygen atoms in total. The Balaban J connectivity index is 2.83. The fraction of sp³-hybridized carbons (Fsp3) is 0.625. The van der Waals surface area contributed by atoms with E-state index in [1.807, 2.05) is 0 Å². The van der Waals surface area contributed by atoms with Crippen molar-refractivity contribution in [3.8, 4) is 0 Å². The first-order chi connectivity index (χ1) is 8.41. The zero-order valence-electron chi connectivity index (χ0n) is 12.5. The molecule has 0 fully saturated rings. The average molecular weight is 249 g/mol. The Bertz CT molecular complexity index is 389. The van der Waals surface area contributed by atoms with Crippen LogP contribution in [0.5, 0.6) is 0 Å². The first-order valence-electron chi connectivity index (χ1n) is 6.81. The quantitative estimate of drug-likeness (QED) is 0.833. The Morgan fingerprint density at radius 1 is 1.28 bits per heavy atom. The third kappa shape index (κ3) is 3.74. The van der Waals surface area contributed by atoms with E-state index < -0.39 is 0 Å². The highest BCUT2D eigenvalue weighted by molar-refractivity contribution is 5.53. The average Bonchev–Trinajstić information content (AvgIpc) is 2.28. The molecule has 1 aromatic rings. The maximum atomic E-state index is 9.60. The Kier molecular flexibility index (Phi) is 5.21. The van der Waals surface area contributed by atoms with Gasteiger partial charge in [-0.15, -0.1) is 0 Å². The molecule has 0 bridgehead atoms. The minimum Gasteiger partial charge on any atom is -0.396 e. The predicted octanol–water partition coefficient (Wildman–Crippen LogP) is 3.54. The number of nitrogens with zero attached hydrogens (tertiary/aromatic N) is 1. The van der Waals surface area contributed by atoms with Gasteiger partial charge in [0.25, 0.3) is 0 Å². The number of aliphatic hydroxyl groups is 1. The first-order valence-corrected chi connectivity index (χ1v) is 6.81. The van der Waals surface area contributed by atoms with Gasteiger partial charge in [0.2, 0.25) is 0 Å². The van der Waals surface area contributed by atoms with E-state index >= 15 is 0 Å². The smallest absolute Gasteiger partial charge is 0.0501 e. The van der Waals surface area contributed by atoms with E-state index in [1.165, 1.54) is 16.8 Å². The third-order valence-corrected chi connectivity index (χ3v) is 3.62. The number of aryl methyl sites for hydroxylation is 2. The van der Waals surface area contributed by atoms with Crippen LogP contribution in [0.1, 0.15) is 37.8 Å². The number of hydrogen-bond acceptors (Lipinski definition) is 2. The maximum Gasteiger partial charge on any atom is 0.0501 e. The molecule has 0 radical (unpaired) electrons. The summed E-state index contributed by atoms with van der Waals surface area (Å²) in [7, 11) is 2.11. The molecule has 102 valence electrons. The Labute approximate surface area is 112 Å². The van der Waals surface area contributed by atoms with Crippen LogP contribution in [0.4, 0.5) is 5.69 Å². The summed E-state index contributed by atoms with van der Waals surface area (Å²) in [6.45, 7) is 9.74. The van der Waals surface area contributed by atoms with E-state index in [0.29, 0.717) is 0 Å². The molecule has 0 amide bonds. The van der Waals surface area contributed by atoms with Crippen LogP contribution in [0.2, 0.25) is 0 Å². The number of benzene rings is 1. The lowest BCUT2D eigenvalue weighted by Gasteiger charge is -2.34. The van der Waals surface area contributed by atoms with Crippen molar-refractivity contribution in [2.24, 2.45) is 5.41 Å². The van der Waals surface area contributed by atoms with E-state index in [4.69, 9.17) is 0 Å². The molecule has 1 atom stereocenters. The lowest BCUT2D eigenvalue weighted by molar-refractivity contribution is 0.138. The number of hydrogen-bond donors (Lipinski definition) is 1. The highest BCUT2D eigenvalue weighted by Crippen LogP contribution is 2.28. The van der Waals surface area contributed by atoms with Crippen molar-refractivity contribution in [3.63, 3.8) is 0 Å². The summed E-state index contributed by atoms with van der Waals surface area (Å²) in [5.41, 5.74) is 3.84. The molecule has 0 heterocycles. The Morgan fingerprint density at radius 3 is 2.44 bits per heavy atom. The fourth-order valence-corrected chi connectivity index (χ4v) is 2.70. The van der Waals surface area contributed by atoms with Crippen LogP contribution in [0.25, 0.3) is 0 Å². The molecule has 1 rings (SSSR count). The molecule has 0 aromatic heterocycles. The van der Waals surface area contributed by atoms with Crippen molar-refractivity contribution < 1.29 is 5.11 Å². The van der Waals surface area contributed by atoms with Gasteiger partial charge < -0.3 is 10.0 Å². The van der Waals surface area contributed by atoms with E-state index in [9.17, 15) is 5.11 Å². The van der Waals surface area contributed by atoms with Gasteiger partial charge in [-0.05, 0) is 31.9 Å². The molecule has 1 unspecified atom stereocenters. The van der Waals surface area contributed by atoms with Crippen LogP contribution >= 0.6 is 0 Å². The van der Waals surface area contributed by atoms with E-state index in [2.05, 4.69) is 57.8 Å². The van der Waals surface area contributed by atoms with Gasteiger partial charge >= 0.3 is 0 Å². The topological polar surface area (TPSA) is 23.5 Å². The summed E-state index contributed by atoms with van der Waals surface area (Å²) in [6.07, 6.45) is 2.16. The van der Waals surface area contributed by atoms with Crippen molar-refractivity contribution in [1.82, 2.24) is 0 Å². The number of aliphatic hydroxyl groups excluding tert-OH is 1. The predicted molar refractivity (Wildman–Crippen MR) is 79.3 cm³/mol. The van der Waals surface area contributed by atoms with E-state index in [1.54, 1.807) is 0 Å². The second kappa shape index (κ2) is 6.24. The SMILES string of the molecule is CCCC(C)(CO)CN(C)c1ccc(C)cc1C. The number of rotatable bonds is 6. The minimum atomic E-state index is -0.0131. The maximum absolute atomic E-state index is 9.60. The molecule has 2 heteroatoms. The van der Waals surface area contributed by atoms with Crippen LogP contribution in [0, 0.1) is 19.3 Å². The van der Waals surface area contributed by atoms with Gasteiger partial charge in [-0.3, -0.25) is 0 Å². The van der Waals surface area contributed by atoms with Crippen molar-refractivity contribution in [2.75, 3.05) is 25.1 Å². The molecule has 0 aliphatic rings. The minimum absolute atomic E-state index is 0.0131. The van der Waals surface area contributed by atoms with Gasteiger partial charge in [-0.2, -0.15) is 0 Å². The molecule has 0 aliphatic carbocycles. The summed E-state index contributed by atoms with van der Waals surface area (Å²) in [5, 5.41) is 9.60. The molecule has 1 N–H and O–H groups in total. The van der Waals surface area contributed by atoms with Crippen molar-refractivity contribution in [2.45, 2.75) is 40.5 Å². The van der Waals surface area contributed by atoms with Gasteiger partial charge in [-0.1, -0.05) is 38.0 Å². The van der Waals surface area contributed by atoms with Gasteiger partial charge in [0.15, 0.2) is 0 Å². The zero-order valence-corrected chi connectivity index (χ0v) is 12.5. The highest BCUT2D eigenvalue weighted by atomic mass is 16.3. The van der Waals surface area contributed by atoms with Gasteiger partial charge in [0.1, 0.15) is 0 Å². The Hall–Kier alpha value is -1.02. The second-order valence-corrected chi connectivity index (χ2v) is 5.86. The van der Waals surface area contributed by atoms with Gasteiger partial charge in [-0.25, -0.2) is 0 Å². The molecule has 0 aliphatic heterocycles. The molecule has 0 saturated carbocycles. The molecule has 0 spiro atoms. The van der Waals surface area contributed by atoms with Crippen molar-refractivity contribution in [3.05, 3.63) is 29.3 Å². The normalized spacial score (nSPS) is 14.3. The first kappa shape index (κ1) is 15.0. The van der Waals surface area contributed by atoms with Crippen LogP contribution < -0.4 is 4.90 Å². The summed E-state index contributed by atoms with van der Waals surface area (Å²) in [5.74, 6) is 0. The second-order valence-electron chi connectivity index (χ2n) is 5.86. The Morgan fingerprint density at radius 2 is 1.94 bits per heavy atom. The summed E-state index contributed by atoms with van der Waals surface area (Å²) < 4.78 is 0. The van der Waals surface area contributed by atoms with Gasteiger partial charge in [0, 0.05) is 24.7 Å². The molecular formula is C16H27NO. The largest absolute Gasteiger partial charge is 0.396 e. The zero-order chi connectivity index (χ0) is 13.8.